The first-order chi connectivity index (χ1) is 8.60. The summed E-state index contributed by atoms with van der Waals surface area (Å²) in [6, 6.07) is 1.76. The molecule has 0 aromatic carbocycles. The van der Waals surface area contributed by atoms with Crippen LogP contribution in [0, 0.1) is 0 Å². The molecule has 1 rings (SSSR count). The van der Waals surface area contributed by atoms with Gasteiger partial charge in [0.05, 0.1) is 4.88 Å². The molecule has 0 atom stereocenters. The molecule has 1 aromatic rings. The highest BCUT2D eigenvalue weighted by molar-refractivity contribution is 7.12. The summed E-state index contributed by atoms with van der Waals surface area (Å²) in [5, 5.41) is 10.4. The Morgan fingerprint density at radius 3 is 2.72 bits per heavy atom. The highest BCUT2D eigenvalue weighted by atomic mass is 32.1. The Morgan fingerprint density at radius 1 is 1.44 bits per heavy atom. The average Bonchev–Trinajstić information content (AvgIpc) is 2.80. The van der Waals surface area contributed by atoms with Gasteiger partial charge in [-0.15, -0.1) is 11.3 Å². The van der Waals surface area contributed by atoms with Crippen LogP contribution in [0.2, 0.25) is 0 Å². The molecule has 0 aliphatic heterocycles. The van der Waals surface area contributed by atoms with Crippen molar-refractivity contribution in [3.63, 3.8) is 0 Å². The summed E-state index contributed by atoms with van der Waals surface area (Å²) >= 11 is 1.34. The van der Waals surface area contributed by atoms with Crippen LogP contribution >= 0.6 is 11.3 Å². The van der Waals surface area contributed by atoms with E-state index in [1.54, 1.807) is 16.3 Å². The number of thiophene rings is 1. The molecule has 98 valence electrons. The normalized spacial score (nSPS) is 10.8. The number of carboxylic acid groups (broad SMARTS) is 1. The predicted octanol–water partition coefficient (Wildman–Crippen LogP) is 2.72. The second-order valence-corrected chi connectivity index (χ2v) is 4.68. The molecule has 0 saturated heterocycles. The molecule has 0 radical (unpaired) electrons. The molecule has 0 bridgehead atoms. The van der Waals surface area contributed by atoms with E-state index in [1.807, 2.05) is 13.8 Å². The van der Waals surface area contributed by atoms with Gasteiger partial charge >= 0.3 is 5.97 Å². The molecule has 1 heterocycles. The van der Waals surface area contributed by atoms with Gasteiger partial charge in [0.1, 0.15) is 0 Å². The van der Waals surface area contributed by atoms with E-state index in [4.69, 9.17) is 5.11 Å². The summed E-state index contributed by atoms with van der Waals surface area (Å²) in [5.74, 6) is -1.04. The first kappa shape index (κ1) is 14.4. The fraction of sp³-hybridized carbons (Fsp3) is 0.385. The van der Waals surface area contributed by atoms with Crippen LogP contribution in [-0.2, 0) is 4.79 Å². The highest BCUT2D eigenvalue weighted by Crippen LogP contribution is 2.20. The van der Waals surface area contributed by atoms with Crippen molar-refractivity contribution in [1.29, 1.82) is 0 Å². The van der Waals surface area contributed by atoms with Gasteiger partial charge in [-0.1, -0.05) is 6.92 Å². The zero-order valence-electron chi connectivity index (χ0n) is 10.5. The van der Waals surface area contributed by atoms with Crippen LogP contribution in [-0.4, -0.2) is 35.0 Å². The lowest BCUT2D eigenvalue weighted by atomic mass is 10.2. The Labute approximate surface area is 111 Å². The monoisotopic (exact) mass is 267 g/mol. The molecule has 0 fully saturated rings. The zero-order chi connectivity index (χ0) is 13.5. The van der Waals surface area contributed by atoms with Crippen LogP contribution in [0.25, 0.3) is 6.08 Å². The van der Waals surface area contributed by atoms with Crippen LogP contribution in [0.4, 0.5) is 0 Å². The number of amides is 1. The van der Waals surface area contributed by atoms with Crippen molar-refractivity contribution in [1.82, 2.24) is 4.90 Å². The lowest BCUT2D eigenvalue weighted by molar-refractivity contribution is -0.131. The van der Waals surface area contributed by atoms with Crippen LogP contribution in [0.5, 0.6) is 0 Å². The van der Waals surface area contributed by atoms with Crippen LogP contribution in [0.15, 0.2) is 17.5 Å². The van der Waals surface area contributed by atoms with Crippen molar-refractivity contribution in [3.05, 3.63) is 28.0 Å². The molecule has 18 heavy (non-hydrogen) atoms. The maximum Gasteiger partial charge on any atom is 0.328 e. The Bertz CT molecular complexity index is 451. The molecule has 1 aromatic heterocycles. The minimum absolute atomic E-state index is 0.0283. The minimum Gasteiger partial charge on any atom is -0.478 e. The largest absolute Gasteiger partial charge is 0.478 e. The fourth-order valence-corrected chi connectivity index (χ4v) is 2.45. The number of hydrogen-bond donors (Lipinski definition) is 1. The number of hydrogen-bond acceptors (Lipinski definition) is 3. The molecular formula is C13H17NO3S. The summed E-state index contributed by atoms with van der Waals surface area (Å²) in [6.45, 7) is 5.34. The number of carbonyl (C=O) groups is 2. The Balaban J connectivity index is 2.92. The van der Waals surface area contributed by atoms with Gasteiger partial charge in [0.2, 0.25) is 0 Å². The predicted molar refractivity (Wildman–Crippen MR) is 72.9 cm³/mol. The van der Waals surface area contributed by atoms with Crippen molar-refractivity contribution < 1.29 is 14.7 Å². The maximum atomic E-state index is 12.2. The number of carbonyl (C=O) groups excluding carboxylic acids is 1. The average molecular weight is 267 g/mol. The number of carboxylic acids is 1. The van der Waals surface area contributed by atoms with Gasteiger partial charge in [0, 0.05) is 19.2 Å². The standard InChI is InChI=1S/C13H17NO3S/c1-3-8-14(4-2)13(17)12-10(7-9-18-12)5-6-11(15)16/h5-7,9H,3-4,8H2,1-2H3,(H,15,16)/b6-5+. The summed E-state index contributed by atoms with van der Waals surface area (Å²) < 4.78 is 0. The molecule has 4 nitrogen and oxygen atoms in total. The molecule has 1 N–H and O–H groups in total. The van der Waals surface area contributed by atoms with Gasteiger partial charge in [-0.2, -0.15) is 0 Å². The van der Waals surface area contributed by atoms with E-state index in [9.17, 15) is 9.59 Å². The quantitative estimate of drug-likeness (QED) is 0.806. The third-order valence-electron chi connectivity index (χ3n) is 2.46. The smallest absolute Gasteiger partial charge is 0.328 e. The lowest BCUT2D eigenvalue weighted by Gasteiger charge is -2.19. The maximum absolute atomic E-state index is 12.2. The molecule has 0 saturated carbocycles. The second kappa shape index (κ2) is 6.96. The lowest BCUT2D eigenvalue weighted by Crippen LogP contribution is -2.31. The second-order valence-electron chi connectivity index (χ2n) is 3.76. The van der Waals surface area contributed by atoms with Crippen LogP contribution in [0.3, 0.4) is 0 Å². The Kier molecular flexibility index (Phi) is 5.58. The van der Waals surface area contributed by atoms with E-state index in [1.165, 1.54) is 17.4 Å². The zero-order valence-corrected chi connectivity index (χ0v) is 11.4. The third kappa shape index (κ3) is 3.70. The SMILES string of the molecule is CCCN(CC)C(=O)c1sccc1/C=C/C(=O)O. The topological polar surface area (TPSA) is 57.6 Å². The first-order valence-electron chi connectivity index (χ1n) is 5.87. The molecule has 0 aliphatic rings. The Morgan fingerprint density at radius 2 is 2.17 bits per heavy atom. The van der Waals surface area contributed by atoms with Crippen molar-refractivity contribution in [2.75, 3.05) is 13.1 Å². The van der Waals surface area contributed by atoms with E-state index in [2.05, 4.69) is 0 Å². The first-order valence-corrected chi connectivity index (χ1v) is 6.75. The van der Waals surface area contributed by atoms with E-state index in [0.29, 0.717) is 17.0 Å². The van der Waals surface area contributed by atoms with E-state index < -0.39 is 5.97 Å². The summed E-state index contributed by atoms with van der Waals surface area (Å²) in [7, 11) is 0. The molecule has 0 spiro atoms. The summed E-state index contributed by atoms with van der Waals surface area (Å²) in [6.07, 6.45) is 3.42. The summed E-state index contributed by atoms with van der Waals surface area (Å²) in [4.78, 5) is 25.1. The van der Waals surface area contributed by atoms with Gasteiger partial charge < -0.3 is 10.0 Å². The minimum atomic E-state index is -1.01. The molecule has 0 aliphatic carbocycles. The van der Waals surface area contributed by atoms with Gasteiger partial charge in [-0.3, -0.25) is 4.79 Å². The molecular weight excluding hydrogens is 250 g/mol. The molecule has 1 amide bonds. The van der Waals surface area contributed by atoms with Crippen molar-refractivity contribution in [3.8, 4) is 0 Å². The highest BCUT2D eigenvalue weighted by Gasteiger charge is 2.17. The van der Waals surface area contributed by atoms with Crippen molar-refractivity contribution in [2.24, 2.45) is 0 Å². The summed E-state index contributed by atoms with van der Waals surface area (Å²) in [5.41, 5.74) is 0.668. The van der Waals surface area contributed by atoms with Gasteiger partial charge in [0.25, 0.3) is 5.91 Å². The van der Waals surface area contributed by atoms with Crippen LogP contribution in [0.1, 0.15) is 35.5 Å². The molecule has 0 unspecified atom stereocenters. The Hall–Kier alpha value is -1.62. The fourth-order valence-electron chi connectivity index (χ4n) is 1.60. The van der Waals surface area contributed by atoms with E-state index in [0.717, 1.165) is 19.0 Å². The number of aliphatic carboxylic acids is 1. The van der Waals surface area contributed by atoms with Crippen molar-refractivity contribution in [2.45, 2.75) is 20.3 Å². The third-order valence-corrected chi connectivity index (χ3v) is 3.38. The van der Waals surface area contributed by atoms with Gasteiger partial charge in [0.15, 0.2) is 0 Å². The van der Waals surface area contributed by atoms with E-state index in [-0.39, 0.29) is 5.91 Å². The van der Waals surface area contributed by atoms with Gasteiger partial charge in [-0.05, 0) is 36.4 Å². The van der Waals surface area contributed by atoms with E-state index >= 15 is 0 Å². The number of rotatable bonds is 6. The van der Waals surface area contributed by atoms with Crippen molar-refractivity contribution >= 4 is 29.3 Å². The van der Waals surface area contributed by atoms with Crippen LogP contribution < -0.4 is 0 Å². The molecule has 5 heteroatoms. The van der Waals surface area contributed by atoms with Gasteiger partial charge in [-0.25, -0.2) is 4.79 Å². The number of nitrogens with zero attached hydrogens (tertiary/aromatic N) is 1.